The fraction of sp³-hybridized carbons (Fsp3) is 0.115. The molecule has 1 N–H and O–H groups in total. The highest BCUT2D eigenvalue weighted by Crippen LogP contribution is 2.45. The molecule has 0 aliphatic heterocycles. The van der Waals surface area contributed by atoms with Crippen LogP contribution in [0.3, 0.4) is 0 Å². The molecule has 0 aromatic heterocycles. The molecule has 0 bridgehead atoms. The van der Waals surface area contributed by atoms with Gasteiger partial charge in [-0.05, 0) is 56.1 Å². The summed E-state index contributed by atoms with van der Waals surface area (Å²) in [6.45, 7) is 2.04. The van der Waals surface area contributed by atoms with Crippen molar-refractivity contribution in [2.45, 2.75) is 12.3 Å². The van der Waals surface area contributed by atoms with E-state index >= 15 is 0 Å². The fourth-order valence-corrected chi connectivity index (χ4v) is 4.65. The van der Waals surface area contributed by atoms with Crippen molar-refractivity contribution in [2.24, 2.45) is 5.92 Å². The number of carboxylic acid groups (broad SMARTS) is 1. The zero-order chi connectivity index (χ0) is 19.3. The zero-order valence-electron chi connectivity index (χ0n) is 15.6. The van der Waals surface area contributed by atoms with Gasteiger partial charge in [-0.3, -0.25) is 4.79 Å². The van der Waals surface area contributed by atoms with E-state index in [1.165, 1.54) is 5.39 Å². The fourth-order valence-electron chi connectivity index (χ4n) is 4.65. The van der Waals surface area contributed by atoms with Crippen LogP contribution in [0.1, 0.15) is 12.5 Å². The summed E-state index contributed by atoms with van der Waals surface area (Å²) >= 11 is 0. The molecule has 2 heteroatoms. The van der Waals surface area contributed by atoms with Gasteiger partial charge < -0.3 is 5.11 Å². The number of carboxylic acids is 1. The number of hydrogen-bond acceptors (Lipinski definition) is 1. The summed E-state index contributed by atoms with van der Waals surface area (Å²) in [5.41, 5.74) is 0.446. The van der Waals surface area contributed by atoms with Crippen molar-refractivity contribution in [3.05, 3.63) is 96.6 Å². The largest absolute Gasteiger partial charge is 0.481 e. The first-order valence-corrected chi connectivity index (χ1v) is 9.51. The predicted octanol–water partition coefficient (Wildman–Crippen LogP) is 6.23. The van der Waals surface area contributed by atoms with Crippen molar-refractivity contribution in [3.63, 3.8) is 0 Å². The minimum atomic E-state index is -0.801. The Morgan fingerprint density at radius 2 is 1.46 bits per heavy atom. The Morgan fingerprint density at radius 3 is 2.21 bits per heavy atom. The lowest BCUT2D eigenvalue weighted by Crippen LogP contribution is -2.36. The highest BCUT2D eigenvalue weighted by molar-refractivity contribution is 6.08. The molecular formula is C26H20O2. The molecular weight excluding hydrogens is 344 g/mol. The summed E-state index contributed by atoms with van der Waals surface area (Å²) in [6.07, 6.45) is 7.65. The van der Waals surface area contributed by atoms with Gasteiger partial charge in [0.25, 0.3) is 0 Å². The molecule has 4 aromatic rings. The zero-order valence-corrected chi connectivity index (χ0v) is 15.6. The molecule has 2 unspecified atom stereocenters. The van der Waals surface area contributed by atoms with Crippen LogP contribution in [-0.2, 0) is 10.2 Å². The summed E-state index contributed by atoms with van der Waals surface area (Å²) in [6, 6.07) is 23.2. The van der Waals surface area contributed by atoms with Crippen molar-refractivity contribution in [1.29, 1.82) is 0 Å². The average molecular weight is 364 g/mol. The molecule has 0 spiro atoms. The molecule has 1 aliphatic rings. The SMILES string of the molecule is CC1(c2c3ccccc3cc3cc4ccccc4cc23)C=CC=CC1C(=O)O. The lowest BCUT2D eigenvalue weighted by Gasteiger charge is -2.35. The van der Waals surface area contributed by atoms with Crippen LogP contribution in [0.25, 0.3) is 32.3 Å². The maximum Gasteiger partial charge on any atom is 0.311 e. The topological polar surface area (TPSA) is 37.3 Å². The Kier molecular flexibility index (Phi) is 3.63. The number of allylic oxidation sites excluding steroid dienone is 3. The number of rotatable bonds is 2. The van der Waals surface area contributed by atoms with Crippen LogP contribution >= 0.6 is 0 Å². The van der Waals surface area contributed by atoms with E-state index < -0.39 is 17.3 Å². The maximum absolute atomic E-state index is 12.1. The normalized spacial score (nSPS) is 21.5. The molecule has 4 aromatic carbocycles. The van der Waals surface area contributed by atoms with E-state index in [-0.39, 0.29) is 0 Å². The molecule has 0 fully saturated rings. The van der Waals surface area contributed by atoms with Crippen LogP contribution in [-0.4, -0.2) is 11.1 Å². The molecule has 2 atom stereocenters. The van der Waals surface area contributed by atoms with E-state index in [0.29, 0.717) is 0 Å². The van der Waals surface area contributed by atoms with Gasteiger partial charge in [0.1, 0.15) is 0 Å². The molecule has 1 aliphatic carbocycles. The first-order valence-electron chi connectivity index (χ1n) is 9.51. The molecule has 136 valence electrons. The monoisotopic (exact) mass is 364 g/mol. The Balaban J connectivity index is 1.97. The number of hydrogen-bond donors (Lipinski definition) is 1. The minimum Gasteiger partial charge on any atom is -0.481 e. The number of benzene rings is 4. The molecule has 0 saturated heterocycles. The van der Waals surface area contributed by atoms with Crippen LogP contribution in [0.15, 0.2) is 91.0 Å². The predicted molar refractivity (Wildman–Crippen MR) is 116 cm³/mol. The van der Waals surface area contributed by atoms with E-state index in [2.05, 4.69) is 42.5 Å². The van der Waals surface area contributed by atoms with Crippen LogP contribution in [0.5, 0.6) is 0 Å². The first kappa shape index (κ1) is 16.8. The number of fused-ring (bicyclic) bond motifs is 3. The van der Waals surface area contributed by atoms with E-state index in [9.17, 15) is 9.90 Å². The van der Waals surface area contributed by atoms with Gasteiger partial charge in [-0.2, -0.15) is 0 Å². The molecule has 5 rings (SSSR count). The first-order chi connectivity index (χ1) is 13.6. The number of aliphatic carboxylic acids is 1. The van der Waals surface area contributed by atoms with Crippen LogP contribution in [0.4, 0.5) is 0 Å². The van der Waals surface area contributed by atoms with Gasteiger partial charge in [0.05, 0.1) is 5.92 Å². The second-order valence-corrected chi connectivity index (χ2v) is 7.74. The van der Waals surface area contributed by atoms with Crippen LogP contribution < -0.4 is 0 Å². The van der Waals surface area contributed by atoms with Crippen molar-refractivity contribution >= 4 is 38.3 Å². The summed E-state index contributed by atoms with van der Waals surface area (Å²) in [4.78, 5) is 12.1. The summed E-state index contributed by atoms with van der Waals surface area (Å²) in [5, 5.41) is 16.8. The lowest BCUT2D eigenvalue weighted by atomic mass is 9.67. The third kappa shape index (κ3) is 2.38. The van der Waals surface area contributed by atoms with E-state index in [1.54, 1.807) is 6.08 Å². The molecule has 2 nitrogen and oxygen atoms in total. The van der Waals surface area contributed by atoms with Crippen molar-refractivity contribution in [3.8, 4) is 0 Å². The summed E-state index contributed by atoms with van der Waals surface area (Å²) in [5.74, 6) is -1.41. The second kappa shape index (κ2) is 6.07. The van der Waals surface area contributed by atoms with E-state index in [1.807, 2.05) is 49.4 Å². The Labute approximate surface area is 163 Å². The van der Waals surface area contributed by atoms with Crippen LogP contribution in [0, 0.1) is 5.92 Å². The second-order valence-electron chi connectivity index (χ2n) is 7.74. The van der Waals surface area contributed by atoms with Gasteiger partial charge in [0, 0.05) is 5.41 Å². The Hall–Kier alpha value is -3.39. The van der Waals surface area contributed by atoms with Crippen molar-refractivity contribution in [1.82, 2.24) is 0 Å². The lowest BCUT2D eigenvalue weighted by molar-refractivity contribution is -0.141. The molecule has 0 heterocycles. The Morgan fingerprint density at radius 1 is 0.821 bits per heavy atom. The third-order valence-electron chi connectivity index (χ3n) is 6.04. The van der Waals surface area contributed by atoms with Gasteiger partial charge in [-0.25, -0.2) is 0 Å². The smallest absolute Gasteiger partial charge is 0.311 e. The van der Waals surface area contributed by atoms with E-state index in [4.69, 9.17) is 0 Å². The highest BCUT2D eigenvalue weighted by atomic mass is 16.4. The average Bonchev–Trinajstić information content (AvgIpc) is 2.70. The number of carbonyl (C=O) groups is 1. The van der Waals surface area contributed by atoms with Gasteiger partial charge >= 0.3 is 5.97 Å². The van der Waals surface area contributed by atoms with Gasteiger partial charge in [-0.15, -0.1) is 0 Å². The maximum atomic E-state index is 12.1. The van der Waals surface area contributed by atoms with Gasteiger partial charge in [0.2, 0.25) is 0 Å². The van der Waals surface area contributed by atoms with Crippen molar-refractivity contribution in [2.75, 3.05) is 0 Å². The van der Waals surface area contributed by atoms with Crippen LogP contribution in [0.2, 0.25) is 0 Å². The quantitative estimate of drug-likeness (QED) is 0.428. The molecule has 28 heavy (non-hydrogen) atoms. The Bertz CT molecular complexity index is 1310. The summed E-state index contributed by atoms with van der Waals surface area (Å²) in [7, 11) is 0. The van der Waals surface area contributed by atoms with E-state index in [0.717, 1.165) is 32.5 Å². The highest BCUT2D eigenvalue weighted by Gasteiger charge is 2.40. The van der Waals surface area contributed by atoms with Gasteiger partial charge in [0.15, 0.2) is 0 Å². The minimum absolute atomic E-state index is 0.613. The van der Waals surface area contributed by atoms with Crippen molar-refractivity contribution < 1.29 is 9.90 Å². The molecule has 0 saturated carbocycles. The van der Waals surface area contributed by atoms with Gasteiger partial charge in [-0.1, -0.05) is 79.8 Å². The third-order valence-corrected chi connectivity index (χ3v) is 6.04. The molecule has 0 radical (unpaired) electrons. The summed E-state index contributed by atoms with van der Waals surface area (Å²) < 4.78 is 0. The molecule has 0 amide bonds. The standard InChI is InChI=1S/C26H20O2/c1-26(13-7-6-12-23(26)25(27)28)24-21-11-5-4-10-19(21)15-20-14-17-8-2-3-9-18(17)16-22(20)24/h2-16,23H,1H3,(H,27,28).